The van der Waals surface area contributed by atoms with E-state index in [2.05, 4.69) is 15.9 Å². The van der Waals surface area contributed by atoms with Crippen molar-refractivity contribution in [1.29, 1.82) is 0 Å². The standard InChI is InChI=1S/C12H14BrNO3/c1-17-9-4-5-14(7-9)12(16)10-3-2-8(13)6-11(10)15/h2-3,6,9,15H,4-5,7H2,1H3. The van der Waals surface area contributed by atoms with Gasteiger partial charge in [-0.1, -0.05) is 15.9 Å². The van der Waals surface area contributed by atoms with Crippen molar-refractivity contribution in [2.75, 3.05) is 20.2 Å². The fourth-order valence-corrected chi connectivity index (χ4v) is 2.31. The largest absolute Gasteiger partial charge is 0.507 e. The van der Waals surface area contributed by atoms with Crippen molar-refractivity contribution >= 4 is 21.8 Å². The van der Waals surface area contributed by atoms with Gasteiger partial charge < -0.3 is 14.7 Å². The highest BCUT2D eigenvalue weighted by Gasteiger charge is 2.27. The van der Waals surface area contributed by atoms with Gasteiger partial charge in [-0.25, -0.2) is 0 Å². The maximum absolute atomic E-state index is 12.1. The number of phenolic OH excluding ortho intramolecular Hbond substituents is 1. The molecule has 0 aliphatic carbocycles. The summed E-state index contributed by atoms with van der Waals surface area (Å²) in [6, 6.07) is 4.90. The van der Waals surface area contributed by atoms with Gasteiger partial charge in [-0.05, 0) is 24.6 Å². The van der Waals surface area contributed by atoms with Gasteiger partial charge >= 0.3 is 0 Å². The number of ether oxygens (including phenoxy) is 1. The van der Waals surface area contributed by atoms with Crippen LogP contribution in [0.25, 0.3) is 0 Å². The summed E-state index contributed by atoms with van der Waals surface area (Å²) < 4.78 is 5.97. The molecule has 1 atom stereocenters. The van der Waals surface area contributed by atoms with E-state index >= 15 is 0 Å². The first-order chi connectivity index (χ1) is 8.11. The zero-order valence-corrected chi connectivity index (χ0v) is 11.1. The van der Waals surface area contributed by atoms with E-state index in [0.717, 1.165) is 10.9 Å². The Kier molecular flexibility index (Phi) is 3.69. The van der Waals surface area contributed by atoms with E-state index in [4.69, 9.17) is 4.74 Å². The second-order valence-corrected chi connectivity index (χ2v) is 4.97. The summed E-state index contributed by atoms with van der Waals surface area (Å²) in [6.45, 7) is 1.26. The number of hydrogen-bond acceptors (Lipinski definition) is 3. The number of aromatic hydroxyl groups is 1. The van der Waals surface area contributed by atoms with Crippen LogP contribution in [0.2, 0.25) is 0 Å². The fraction of sp³-hybridized carbons (Fsp3) is 0.417. The van der Waals surface area contributed by atoms with E-state index in [0.29, 0.717) is 18.7 Å². The molecule has 17 heavy (non-hydrogen) atoms. The lowest BCUT2D eigenvalue weighted by Gasteiger charge is -2.16. The van der Waals surface area contributed by atoms with Crippen LogP contribution < -0.4 is 0 Å². The monoisotopic (exact) mass is 299 g/mol. The molecule has 1 heterocycles. The number of likely N-dealkylation sites (tertiary alicyclic amines) is 1. The number of hydrogen-bond donors (Lipinski definition) is 1. The molecule has 0 saturated carbocycles. The highest BCUT2D eigenvalue weighted by atomic mass is 79.9. The molecule has 1 saturated heterocycles. The number of phenols is 1. The molecular weight excluding hydrogens is 286 g/mol. The average molecular weight is 300 g/mol. The van der Waals surface area contributed by atoms with Gasteiger partial charge in [0.25, 0.3) is 5.91 Å². The average Bonchev–Trinajstić information content (AvgIpc) is 2.76. The second-order valence-electron chi connectivity index (χ2n) is 4.06. The number of benzene rings is 1. The fourth-order valence-electron chi connectivity index (χ4n) is 1.96. The molecule has 1 fully saturated rings. The molecule has 1 aliphatic heterocycles. The van der Waals surface area contributed by atoms with Gasteiger partial charge in [-0.2, -0.15) is 0 Å². The van der Waals surface area contributed by atoms with Gasteiger partial charge in [0.2, 0.25) is 0 Å². The summed E-state index contributed by atoms with van der Waals surface area (Å²) in [5.74, 6) is -0.139. The van der Waals surface area contributed by atoms with Gasteiger partial charge in [0.05, 0.1) is 11.7 Å². The van der Waals surface area contributed by atoms with Crippen LogP contribution in [-0.4, -0.2) is 42.2 Å². The van der Waals surface area contributed by atoms with Gasteiger partial charge in [0, 0.05) is 24.7 Å². The van der Waals surface area contributed by atoms with Crippen LogP contribution in [-0.2, 0) is 4.74 Å². The van der Waals surface area contributed by atoms with Crippen molar-refractivity contribution < 1.29 is 14.6 Å². The van der Waals surface area contributed by atoms with Crippen LogP contribution in [0.15, 0.2) is 22.7 Å². The molecule has 4 nitrogen and oxygen atoms in total. The van der Waals surface area contributed by atoms with Gasteiger partial charge in [0.15, 0.2) is 0 Å². The smallest absolute Gasteiger partial charge is 0.257 e. The van der Waals surface area contributed by atoms with Crippen molar-refractivity contribution in [3.8, 4) is 5.75 Å². The molecule has 5 heteroatoms. The molecule has 1 aliphatic rings. The van der Waals surface area contributed by atoms with Gasteiger partial charge in [-0.3, -0.25) is 4.79 Å². The maximum atomic E-state index is 12.1. The zero-order valence-electron chi connectivity index (χ0n) is 9.52. The normalized spacial score (nSPS) is 19.6. The molecular formula is C12H14BrNO3. The minimum atomic E-state index is -0.144. The predicted molar refractivity (Wildman–Crippen MR) is 67.1 cm³/mol. The zero-order chi connectivity index (χ0) is 12.4. The Bertz CT molecular complexity index is 436. The quantitative estimate of drug-likeness (QED) is 0.909. The molecule has 0 spiro atoms. The first kappa shape index (κ1) is 12.4. The molecule has 0 aromatic heterocycles. The van der Waals surface area contributed by atoms with Crippen molar-refractivity contribution in [3.05, 3.63) is 28.2 Å². The number of carbonyl (C=O) groups is 1. The third kappa shape index (κ3) is 2.61. The molecule has 0 bridgehead atoms. The molecule has 1 N–H and O–H groups in total. The van der Waals surface area contributed by atoms with Crippen molar-refractivity contribution in [1.82, 2.24) is 4.90 Å². The third-order valence-electron chi connectivity index (χ3n) is 2.96. The van der Waals surface area contributed by atoms with E-state index in [-0.39, 0.29) is 17.8 Å². The molecule has 1 unspecified atom stereocenters. The van der Waals surface area contributed by atoms with E-state index in [1.807, 2.05) is 0 Å². The summed E-state index contributed by atoms with van der Waals surface area (Å²) in [7, 11) is 1.65. The summed E-state index contributed by atoms with van der Waals surface area (Å²) in [5.41, 5.74) is 0.338. The summed E-state index contributed by atoms with van der Waals surface area (Å²) in [6.07, 6.45) is 0.955. The first-order valence-electron chi connectivity index (χ1n) is 5.42. The van der Waals surface area contributed by atoms with Gasteiger partial charge in [-0.15, -0.1) is 0 Å². The Morgan fingerprint density at radius 3 is 2.94 bits per heavy atom. The molecule has 1 aromatic carbocycles. The number of carbonyl (C=O) groups excluding carboxylic acids is 1. The second kappa shape index (κ2) is 5.06. The summed E-state index contributed by atoms with van der Waals surface area (Å²) in [4.78, 5) is 13.8. The van der Waals surface area contributed by atoms with Crippen LogP contribution >= 0.6 is 15.9 Å². The van der Waals surface area contributed by atoms with E-state index in [9.17, 15) is 9.90 Å². The van der Waals surface area contributed by atoms with E-state index in [1.54, 1.807) is 24.1 Å². The topological polar surface area (TPSA) is 49.8 Å². The van der Waals surface area contributed by atoms with E-state index < -0.39 is 0 Å². The molecule has 92 valence electrons. The molecule has 0 radical (unpaired) electrons. The molecule has 2 rings (SSSR count). The Morgan fingerprint density at radius 1 is 1.59 bits per heavy atom. The third-order valence-corrected chi connectivity index (χ3v) is 3.45. The lowest BCUT2D eigenvalue weighted by molar-refractivity contribution is 0.0721. The number of amides is 1. The highest BCUT2D eigenvalue weighted by Crippen LogP contribution is 2.25. The Balaban J connectivity index is 2.15. The van der Waals surface area contributed by atoms with Crippen LogP contribution in [0.5, 0.6) is 5.75 Å². The maximum Gasteiger partial charge on any atom is 0.257 e. The van der Waals surface area contributed by atoms with E-state index in [1.165, 1.54) is 6.07 Å². The number of methoxy groups -OCH3 is 1. The summed E-state index contributed by atoms with van der Waals surface area (Å²) in [5, 5.41) is 9.74. The predicted octanol–water partition coefficient (Wildman–Crippen LogP) is 2.02. The first-order valence-corrected chi connectivity index (χ1v) is 6.21. The Morgan fingerprint density at radius 2 is 2.35 bits per heavy atom. The number of nitrogens with zero attached hydrogens (tertiary/aromatic N) is 1. The lowest BCUT2D eigenvalue weighted by Crippen LogP contribution is -2.29. The Labute approximate surface area is 108 Å². The van der Waals surface area contributed by atoms with Crippen LogP contribution in [0.3, 0.4) is 0 Å². The minimum absolute atomic E-state index is 0.00485. The van der Waals surface area contributed by atoms with Crippen LogP contribution in [0.4, 0.5) is 0 Å². The van der Waals surface area contributed by atoms with Crippen LogP contribution in [0, 0.1) is 0 Å². The van der Waals surface area contributed by atoms with Gasteiger partial charge in [0.1, 0.15) is 5.75 Å². The van der Waals surface area contributed by atoms with Crippen molar-refractivity contribution in [3.63, 3.8) is 0 Å². The number of rotatable bonds is 2. The van der Waals surface area contributed by atoms with Crippen molar-refractivity contribution in [2.24, 2.45) is 0 Å². The SMILES string of the molecule is COC1CCN(C(=O)c2ccc(Br)cc2O)C1. The minimum Gasteiger partial charge on any atom is -0.507 e. The molecule has 1 aromatic rings. The highest BCUT2D eigenvalue weighted by molar-refractivity contribution is 9.10. The molecule has 1 amide bonds. The lowest BCUT2D eigenvalue weighted by atomic mass is 10.2. The van der Waals surface area contributed by atoms with Crippen molar-refractivity contribution in [2.45, 2.75) is 12.5 Å². The summed E-state index contributed by atoms with van der Waals surface area (Å²) >= 11 is 3.24. The number of halogens is 1. The van der Waals surface area contributed by atoms with Crippen LogP contribution in [0.1, 0.15) is 16.8 Å². The Hall–Kier alpha value is -1.07.